The second kappa shape index (κ2) is 6.74. The second-order valence-corrected chi connectivity index (χ2v) is 6.76. The lowest BCUT2D eigenvalue weighted by Crippen LogP contribution is -2.33. The molecule has 1 saturated heterocycles. The molecule has 1 aliphatic carbocycles. The van der Waals surface area contributed by atoms with Gasteiger partial charge < -0.3 is 10.0 Å². The maximum Gasteiger partial charge on any atom is 0.222 e. The third kappa shape index (κ3) is 3.95. The van der Waals surface area contributed by atoms with Crippen LogP contribution in [0, 0.1) is 17.8 Å². The fraction of sp³-hybridized carbons (Fsp3) is 0.938. The lowest BCUT2D eigenvalue weighted by atomic mass is 9.89. The van der Waals surface area contributed by atoms with E-state index < -0.39 is 0 Å². The Bertz CT molecular complexity index is 303. The van der Waals surface area contributed by atoms with Crippen LogP contribution in [0.2, 0.25) is 0 Å². The van der Waals surface area contributed by atoms with Crippen LogP contribution in [0.4, 0.5) is 0 Å². The van der Waals surface area contributed by atoms with Gasteiger partial charge in [-0.15, -0.1) is 0 Å². The van der Waals surface area contributed by atoms with Crippen LogP contribution in [0.25, 0.3) is 0 Å². The van der Waals surface area contributed by atoms with Gasteiger partial charge in [-0.1, -0.05) is 20.3 Å². The number of hydrogen-bond acceptors (Lipinski definition) is 2. The molecule has 110 valence electrons. The highest BCUT2D eigenvalue weighted by atomic mass is 16.3. The lowest BCUT2D eigenvalue weighted by molar-refractivity contribution is -0.131. The van der Waals surface area contributed by atoms with E-state index in [-0.39, 0.29) is 6.10 Å². The zero-order valence-electron chi connectivity index (χ0n) is 12.5. The van der Waals surface area contributed by atoms with Gasteiger partial charge in [-0.05, 0) is 49.9 Å². The van der Waals surface area contributed by atoms with Crippen molar-refractivity contribution in [3.05, 3.63) is 0 Å². The van der Waals surface area contributed by atoms with Crippen molar-refractivity contribution in [1.29, 1.82) is 0 Å². The summed E-state index contributed by atoms with van der Waals surface area (Å²) >= 11 is 0. The van der Waals surface area contributed by atoms with Crippen LogP contribution < -0.4 is 0 Å². The first-order chi connectivity index (χ1) is 9.08. The summed E-state index contributed by atoms with van der Waals surface area (Å²) in [5.41, 5.74) is 0. The summed E-state index contributed by atoms with van der Waals surface area (Å²) in [4.78, 5) is 14.2. The Hall–Kier alpha value is -0.570. The van der Waals surface area contributed by atoms with E-state index in [1.165, 1.54) is 0 Å². The highest BCUT2D eigenvalue weighted by Gasteiger charge is 2.28. The van der Waals surface area contributed by atoms with Crippen molar-refractivity contribution < 1.29 is 9.90 Å². The van der Waals surface area contributed by atoms with Crippen molar-refractivity contribution in [3.8, 4) is 0 Å². The number of carbonyl (C=O) groups is 1. The molecule has 2 rings (SSSR count). The molecule has 2 aliphatic rings. The van der Waals surface area contributed by atoms with E-state index in [0.717, 1.165) is 58.0 Å². The molecule has 0 spiro atoms. The minimum absolute atomic E-state index is 0.120. The Balaban J connectivity index is 1.80. The lowest BCUT2D eigenvalue weighted by Gasteiger charge is -2.24. The largest absolute Gasteiger partial charge is 0.393 e. The number of nitrogens with zero attached hydrogens (tertiary/aromatic N) is 1. The van der Waals surface area contributed by atoms with Crippen molar-refractivity contribution in [2.45, 2.75) is 64.9 Å². The van der Waals surface area contributed by atoms with Crippen LogP contribution in [0.3, 0.4) is 0 Å². The Kier molecular flexibility index (Phi) is 5.26. The van der Waals surface area contributed by atoms with Crippen LogP contribution >= 0.6 is 0 Å². The summed E-state index contributed by atoms with van der Waals surface area (Å²) < 4.78 is 0. The van der Waals surface area contributed by atoms with Crippen LogP contribution in [-0.4, -0.2) is 35.1 Å². The van der Waals surface area contributed by atoms with Gasteiger partial charge in [0.25, 0.3) is 0 Å². The monoisotopic (exact) mass is 267 g/mol. The number of aliphatic hydroxyl groups excluding tert-OH is 1. The highest BCUT2D eigenvalue weighted by molar-refractivity contribution is 5.76. The molecule has 3 atom stereocenters. The Morgan fingerprint density at radius 3 is 2.68 bits per heavy atom. The highest BCUT2D eigenvalue weighted by Crippen LogP contribution is 2.29. The van der Waals surface area contributed by atoms with Crippen molar-refractivity contribution in [1.82, 2.24) is 4.90 Å². The molecule has 3 nitrogen and oxygen atoms in total. The summed E-state index contributed by atoms with van der Waals surface area (Å²) in [5, 5.41) is 9.85. The minimum Gasteiger partial charge on any atom is -0.393 e. The van der Waals surface area contributed by atoms with Crippen LogP contribution in [0.1, 0.15) is 58.8 Å². The predicted octanol–water partition coefficient (Wildman–Crippen LogP) is 2.82. The van der Waals surface area contributed by atoms with Gasteiger partial charge in [-0.2, -0.15) is 0 Å². The number of hydrogen-bond donors (Lipinski definition) is 1. The molecule has 3 heteroatoms. The van der Waals surface area contributed by atoms with Gasteiger partial charge in [0.05, 0.1) is 6.10 Å². The fourth-order valence-corrected chi connectivity index (χ4v) is 3.64. The van der Waals surface area contributed by atoms with Gasteiger partial charge in [0.2, 0.25) is 5.91 Å². The molecule has 1 heterocycles. The number of amides is 1. The molecule has 0 aromatic rings. The van der Waals surface area contributed by atoms with E-state index in [4.69, 9.17) is 0 Å². The van der Waals surface area contributed by atoms with Gasteiger partial charge in [0.15, 0.2) is 0 Å². The van der Waals surface area contributed by atoms with Gasteiger partial charge in [0, 0.05) is 19.5 Å². The summed E-state index contributed by atoms with van der Waals surface area (Å²) in [7, 11) is 0. The molecule has 0 aromatic carbocycles. The third-order valence-electron chi connectivity index (χ3n) is 5.18. The molecule has 0 radical (unpaired) electrons. The van der Waals surface area contributed by atoms with Crippen molar-refractivity contribution >= 4 is 5.91 Å². The predicted molar refractivity (Wildman–Crippen MR) is 76.7 cm³/mol. The van der Waals surface area contributed by atoms with Crippen LogP contribution in [0.5, 0.6) is 0 Å². The molecule has 19 heavy (non-hydrogen) atoms. The number of carbonyl (C=O) groups excluding carboxylic acids is 1. The molecule has 0 bridgehead atoms. The summed E-state index contributed by atoms with van der Waals surface area (Å²) in [6, 6.07) is 0. The number of likely N-dealkylation sites (tertiary alicyclic amines) is 1. The normalized spacial score (nSPS) is 32.9. The fourth-order valence-electron chi connectivity index (χ4n) is 3.64. The maximum atomic E-state index is 12.1. The zero-order chi connectivity index (χ0) is 13.8. The molecule has 1 amide bonds. The molecule has 3 unspecified atom stereocenters. The molecule has 0 aromatic heterocycles. The topological polar surface area (TPSA) is 40.5 Å². The van der Waals surface area contributed by atoms with Gasteiger partial charge in [-0.25, -0.2) is 0 Å². The summed E-state index contributed by atoms with van der Waals surface area (Å²) in [5.74, 6) is 2.14. The number of aliphatic hydroxyl groups is 1. The van der Waals surface area contributed by atoms with Crippen LogP contribution in [0.15, 0.2) is 0 Å². The molecule has 1 N–H and O–H groups in total. The summed E-state index contributed by atoms with van der Waals surface area (Å²) in [6.45, 7) is 6.30. The maximum absolute atomic E-state index is 12.1. The third-order valence-corrected chi connectivity index (χ3v) is 5.18. The van der Waals surface area contributed by atoms with E-state index >= 15 is 0 Å². The first kappa shape index (κ1) is 14.8. The van der Waals surface area contributed by atoms with E-state index in [1.54, 1.807) is 0 Å². The minimum atomic E-state index is -0.120. The zero-order valence-corrected chi connectivity index (χ0v) is 12.5. The van der Waals surface area contributed by atoms with Crippen LogP contribution in [-0.2, 0) is 4.79 Å². The average molecular weight is 267 g/mol. The van der Waals surface area contributed by atoms with Gasteiger partial charge >= 0.3 is 0 Å². The van der Waals surface area contributed by atoms with Crippen molar-refractivity contribution in [3.63, 3.8) is 0 Å². The van der Waals surface area contributed by atoms with E-state index in [9.17, 15) is 9.90 Å². The van der Waals surface area contributed by atoms with E-state index in [1.807, 2.05) is 4.90 Å². The average Bonchev–Trinajstić information content (AvgIpc) is 2.67. The van der Waals surface area contributed by atoms with E-state index in [0.29, 0.717) is 23.7 Å². The molecule has 2 fully saturated rings. The number of rotatable bonds is 4. The molecule has 1 saturated carbocycles. The Morgan fingerprint density at radius 1 is 1.26 bits per heavy atom. The smallest absolute Gasteiger partial charge is 0.222 e. The van der Waals surface area contributed by atoms with E-state index in [2.05, 4.69) is 13.8 Å². The Morgan fingerprint density at radius 2 is 2.05 bits per heavy atom. The van der Waals surface area contributed by atoms with Crippen molar-refractivity contribution in [2.24, 2.45) is 17.8 Å². The van der Waals surface area contributed by atoms with Gasteiger partial charge in [-0.3, -0.25) is 4.79 Å². The molecular weight excluding hydrogens is 238 g/mol. The quantitative estimate of drug-likeness (QED) is 0.851. The second-order valence-electron chi connectivity index (χ2n) is 6.76. The van der Waals surface area contributed by atoms with Crippen molar-refractivity contribution in [2.75, 3.05) is 13.1 Å². The SMILES string of the molecule is CC(C)C1CCC(=O)N(CCC2CCCC2O)CC1. The van der Waals surface area contributed by atoms with Gasteiger partial charge in [0.1, 0.15) is 0 Å². The first-order valence-electron chi connectivity index (χ1n) is 8.03. The standard InChI is InChI=1S/C16H29NO2/c1-12(2)13-6-7-16(19)17(10-8-13)11-9-14-4-3-5-15(14)18/h12-15,18H,3-11H2,1-2H3. The molecular formula is C16H29NO2. The summed E-state index contributed by atoms with van der Waals surface area (Å²) in [6.07, 6.45) is 7.02. The molecule has 1 aliphatic heterocycles. The first-order valence-corrected chi connectivity index (χ1v) is 8.03. The Labute approximate surface area is 117 Å².